The van der Waals surface area contributed by atoms with Gasteiger partial charge in [0, 0.05) is 35.7 Å². The molecule has 2 aromatic rings. The van der Waals surface area contributed by atoms with Crippen molar-refractivity contribution in [2.75, 3.05) is 0 Å². The summed E-state index contributed by atoms with van der Waals surface area (Å²) in [6.07, 6.45) is 0.371. The van der Waals surface area contributed by atoms with Gasteiger partial charge in [0.05, 0.1) is 17.5 Å². The number of amides is 2. The van der Waals surface area contributed by atoms with Gasteiger partial charge in [-0.25, -0.2) is 0 Å². The van der Waals surface area contributed by atoms with Crippen LogP contribution in [0.2, 0.25) is 10.0 Å². The Labute approximate surface area is 197 Å². The summed E-state index contributed by atoms with van der Waals surface area (Å²) in [6, 6.07) is 7.45. The molecule has 0 saturated heterocycles. The Morgan fingerprint density at radius 2 is 1.88 bits per heavy atom. The molecule has 2 aliphatic rings. The lowest BCUT2D eigenvalue weighted by atomic mass is 9.92. The highest BCUT2D eigenvalue weighted by atomic mass is 35.5. The number of hydrogen-bond donors (Lipinski definition) is 1. The number of fused-ring (bicyclic) bond motifs is 1. The summed E-state index contributed by atoms with van der Waals surface area (Å²) >= 11 is 11.6. The Kier molecular flexibility index (Phi) is 6.24. The molecule has 172 valence electrons. The number of carbonyl (C=O) groups excluding carboxylic acids is 4. The molecule has 0 aromatic heterocycles. The van der Waals surface area contributed by atoms with Crippen molar-refractivity contribution >= 4 is 46.6 Å². The zero-order chi connectivity index (χ0) is 23.9. The molecule has 33 heavy (non-hydrogen) atoms. The molecule has 1 aliphatic carbocycles. The summed E-state index contributed by atoms with van der Waals surface area (Å²) in [6.45, 7) is -0.0188. The number of nitrogens with one attached hydrogen (secondary N) is 1. The molecule has 6 nitrogen and oxygen atoms in total. The van der Waals surface area contributed by atoms with Crippen molar-refractivity contribution < 1.29 is 28.0 Å². The molecular formula is C23H18Cl2F2N2O4. The first-order chi connectivity index (χ1) is 15.6. The molecule has 10 heteroatoms. The minimum Gasteiger partial charge on any atom is -0.346 e. The monoisotopic (exact) mass is 494 g/mol. The van der Waals surface area contributed by atoms with E-state index in [1.807, 2.05) is 0 Å². The van der Waals surface area contributed by atoms with E-state index in [1.165, 1.54) is 11.0 Å². The van der Waals surface area contributed by atoms with Crippen LogP contribution in [-0.4, -0.2) is 34.3 Å². The molecule has 4 rings (SSSR count). The second kappa shape index (κ2) is 8.83. The number of Topliss-reactive ketones (excluding diaryl/α,β-unsaturated/α-hetero) is 2. The van der Waals surface area contributed by atoms with Crippen molar-refractivity contribution in [2.45, 2.75) is 44.3 Å². The quantitative estimate of drug-likeness (QED) is 0.635. The van der Waals surface area contributed by atoms with Gasteiger partial charge in [-0.05, 0) is 41.8 Å². The fraction of sp³-hybridized carbons (Fsp3) is 0.304. The van der Waals surface area contributed by atoms with Gasteiger partial charge in [-0.3, -0.25) is 19.2 Å². The second-order valence-electron chi connectivity index (χ2n) is 8.04. The number of hydrogen-bond acceptors (Lipinski definition) is 4. The summed E-state index contributed by atoms with van der Waals surface area (Å²) < 4.78 is 29.2. The highest BCUT2D eigenvalue weighted by Crippen LogP contribution is 2.35. The minimum atomic E-state index is -3.87. The highest BCUT2D eigenvalue weighted by molar-refractivity contribution is 6.35. The highest BCUT2D eigenvalue weighted by Gasteiger charge is 2.43. The predicted molar refractivity (Wildman–Crippen MR) is 116 cm³/mol. The summed E-state index contributed by atoms with van der Waals surface area (Å²) in [5.41, 5.74) is 0.897. The number of benzene rings is 2. The fourth-order valence-electron chi connectivity index (χ4n) is 4.11. The first-order valence-corrected chi connectivity index (χ1v) is 10.9. The van der Waals surface area contributed by atoms with Crippen LogP contribution in [0.3, 0.4) is 0 Å². The number of ketones is 2. The third-order valence-electron chi connectivity index (χ3n) is 5.83. The zero-order valence-corrected chi connectivity index (χ0v) is 18.7. The van der Waals surface area contributed by atoms with Crippen LogP contribution in [-0.2, 0) is 33.4 Å². The SMILES string of the molecule is O=C1CCC(N2Cc3cc(CNC(=O)C(F)(F)c4ccc(Cl)cc4Cl)ccc3C2=O)C(=O)C1. The Balaban J connectivity index is 1.44. The van der Waals surface area contributed by atoms with Crippen LogP contribution in [0.25, 0.3) is 0 Å². The molecule has 0 bridgehead atoms. The molecule has 2 amide bonds. The minimum absolute atomic E-state index is 0.130. The lowest BCUT2D eigenvalue weighted by Crippen LogP contribution is -2.44. The van der Waals surface area contributed by atoms with Gasteiger partial charge in [-0.15, -0.1) is 0 Å². The zero-order valence-electron chi connectivity index (χ0n) is 17.2. The smallest absolute Gasteiger partial charge is 0.346 e. The lowest BCUT2D eigenvalue weighted by molar-refractivity contribution is -0.147. The molecule has 1 unspecified atom stereocenters. The van der Waals surface area contributed by atoms with Crippen molar-refractivity contribution in [1.82, 2.24) is 10.2 Å². The van der Waals surface area contributed by atoms with E-state index in [0.29, 0.717) is 23.1 Å². The van der Waals surface area contributed by atoms with Gasteiger partial charge in [-0.2, -0.15) is 8.78 Å². The maximum Gasteiger partial charge on any atom is 0.351 e. The molecule has 0 spiro atoms. The van der Waals surface area contributed by atoms with E-state index in [-0.39, 0.29) is 53.5 Å². The molecule has 1 fully saturated rings. The normalized spacial score (nSPS) is 18.5. The number of rotatable bonds is 5. The summed E-state index contributed by atoms with van der Waals surface area (Å²) in [4.78, 5) is 50.1. The third-order valence-corrected chi connectivity index (χ3v) is 6.37. The molecule has 2 aromatic carbocycles. The van der Waals surface area contributed by atoms with E-state index in [9.17, 15) is 28.0 Å². The van der Waals surface area contributed by atoms with Crippen molar-refractivity contribution in [3.8, 4) is 0 Å². The van der Waals surface area contributed by atoms with Gasteiger partial charge in [0.25, 0.3) is 11.8 Å². The average Bonchev–Trinajstić information content (AvgIpc) is 3.07. The molecule has 1 N–H and O–H groups in total. The largest absolute Gasteiger partial charge is 0.351 e. The molecule has 1 heterocycles. The Morgan fingerprint density at radius 1 is 1.12 bits per heavy atom. The van der Waals surface area contributed by atoms with E-state index in [4.69, 9.17) is 23.2 Å². The van der Waals surface area contributed by atoms with E-state index in [1.54, 1.807) is 18.2 Å². The van der Waals surface area contributed by atoms with Crippen LogP contribution in [0.15, 0.2) is 36.4 Å². The van der Waals surface area contributed by atoms with Gasteiger partial charge in [0.2, 0.25) is 0 Å². The van der Waals surface area contributed by atoms with Crippen molar-refractivity contribution in [3.63, 3.8) is 0 Å². The molecule has 0 radical (unpaired) electrons. The first-order valence-electron chi connectivity index (χ1n) is 10.2. The summed E-state index contributed by atoms with van der Waals surface area (Å²) in [7, 11) is 0. The standard InChI is InChI=1S/C23H18Cl2F2N2O4/c24-14-2-5-17(18(25)8-14)23(26,27)22(33)28-10-12-1-4-16-13(7-12)11-29(21(16)32)19-6-3-15(30)9-20(19)31/h1-2,4-5,7-8,19H,3,6,9-11H2,(H,28,33). The van der Waals surface area contributed by atoms with Crippen LogP contribution >= 0.6 is 23.2 Å². The van der Waals surface area contributed by atoms with Crippen LogP contribution in [0.4, 0.5) is 8.78 Å². The Morgan fingerprint density at radius 3 is 2.58 bits per heavy atom. The van der Waals surface area contributed by atoms with Gasteiger partial charge >= 0.3 is 5.92 Å². The van der Waals surface area contributed by atoms with Crippen LogP contribution in [0, 0.1) is 0 Å². The van der Waals surface area contributed by atoms with Gasteiger partial charge in [0.15, 0.2) is 5.78 Å². The van der Waals surface area contributed by atoms with Crippen LogP contribution in [0.5, 0.6) is 0 Å². The lowest BCUT2D eigenvalue weighted by Gasteiger charge is -2.29. The van der Waals surface area contributed by atoms with Crippen LogP contribution < -0.4 is 5.32 Å². The number of alkyl halides is 2. The molecule has 1 saturated carbocycles. The van der Waals surface area contributed by atoms with E-state index in [0.717, 1.165) is 12.1 Å². The van der Waals surface area contributed by atoms with Gasteiger partial charge < -0.3 is 10.2 Å². The second-order valence-corrected chi connectivity index (χ2v) is 8.89. The van der Waals surface area contributed by atoms with Gasteiger partial charge in [-0.1, -0.05) is 35.3 Å². The molecule has 1 atom stereocenters. The third kappa shape index (κ3) is 4.50. The fourth-order valence-corrected chi connectivity index (χ4v) is 4.63. The van der Waals surface area contributed by atoms with E-state index in [2.05, 4.69) is 5.32 Å². The Bertz CT molecular complexity index is 1190. The van der Waals surface area contributed by atoms with E-state index >= 15 is 0 Å². The van der Waals surface area contributed by atoms with Crippen LogP contribution in [0.1, 0.15) is 46.3 Å². The molecule has 1 aliphatic heterocycles. The topological polar surface area (TPSA) is 83.6 Å². The maximum atomic E-state index is 14.6. The number of carbonyl (C=O) groups is 4. The molecular weight excluding hydrogens is 477 g/mol. The number of halogens is 4. The Hall–Kier alpha value is -2.84. The average molecular weight is 495 g/mol. The van der Waals surface area contributed by atoms with E-state index < -0.39 is 23.4 Å². The van der Waals surface area contributed by atoms with Gasteiger partial charge in [0.1, 0.15) is 5.78 Å². The predicted octanol–water partition coefficient (Wildman–Crippen LogP) is 4.05. The van der Waals surface area contributed by atoms with Crippen molar-refractivity contribution in [2.24, 2.45) is 0 Å². The summed E-state index contributed by atoms with van der Waals surface area (Å²) in [5, 5.41) is 2.05. The van der Waals surface area contributed by atoms with Crippen molar-refractivity contribution in [1.29, 1.82) is 0 Å². The maximum absolute atomic E-state index is 14.6. The first kappa shape index (κ1) is 23.3. The van der Waals surface area contributed by atoms with Crippen molar-refractivity contribution in [3.05, 3.63) is 68.7 Å². The summed E-state index contributed by atoms with van der Waals surface area (Å²) in [5.74, 6) is -6.11. The number of nitrogens with zero attached hydrogens (tertiary/aromatic N) is 1.